The van der Waals surface area contributed by atoms with Gasteiger partial charge in [-0.1, -0.05) is 13.0 Å². The smallest absolute Gasteiger partial charge is 0.123 e. The van der Waals surface area contributed by atoms with Crippen molar-refractivity contribution in [3.63, 3.8) is 0 Å². The number of ether oxygens (including phenoxy) is 1. The van der Waals surface area contributed by atoms with Gasteiger partial charge in [0.15, 0.2) is 0 Å². The summed E-state index contributed by atoms with van der Waals surface area (Å²) in [5.74, 6) is 0.930. The molecule has 0 aromatic heterocycles. The molecule has 0 aliphatic carbocycles. The summed E-state index contributed by atoms with van der Waals surface area (Å²) in [7, 11) is 1.71. The molecule has 0 unspecified atom stereocenters. The van der Waals surface area contributed by atoms with Gasteiger partial charge in [0.25, 0.3) is 0 Å². The highest BCUT2D eigenvalue weighted by Crippen LogP contribution is 2.27. The van der Waals surface area contributed by atoms with Crippen molar-refractivity contribution in [3.8, 4) is 5.75 Å². The zero-order chi connectivity index (χ0) is 11.5. The second-order valence-corrected chi connectivity index (χ2v) is 4.26. The Balaban J connectivity index is 2.34. The lowest BCUT2D eigenvalue weighted by Gasteiger charge is -2.28. The molecule has 0 saturated carbocycles. The van der Waals surface area contributed by atoms with Crippen LogP contribution in [-0.4, -0.2) is 25.1 Å². The molecular formula is C13H20N2O. The molecule has 0 bridgehead atoms. The van der Waals surface area contributed by atoms with E-state index < -0.39 is 0 Å². The van der Waals surface area contributed by atoms with Gasteiger partial charge in [0.05, 0.1) is 7.11 Å². The molecule has 0 spiro atoms. The van der Waals surface area contributed by atoms with E-state index in [1.54, 1.807) is 7.11 Å². The van der Waals surface area contributed by atoms with E-state index >= 15 is 0 Å². The van der Waals surface area contributed by atoms with Crippen LogP contribution in [0.3, 0.4) is 0 Å². The first kappa shape index (κ1) is 11.4. The van der Waals surface area contributed by atoms with E-state index in [0.717, 1.165) is 37.4 Å². The number of hydrogen-bond acceptors (Lipinski definition) is 3. The Bertz CT molecular complexity index is 376. The molecule has 0 saturated heterocycles. The Hall–Kier alpha value is -1.06. The third kappa shape index (κ3) is 2.06. The Morgan fingerprint density at radius 2 is 2.19 bits per heavy atom. The molecule has 2 N–H and O–H groups in total. The summed E-state index contributed by atoms with van der Waals surface area (Å²) in [6.07, 6.45) is 1.13. The topological polar surface area (TPSA) is 38.5 Å². The lowest BCUT2D eigenvalue weighted by molar-refractivity contribution is 0.267. The van der Waals surface area contributed by atoms with E-state index in [-0.39, 0.29) is 0 Å². The second kappa shape index (κ2) is 4.85. The predicted octanol–water partition coefficient (Wildman–Crippen LogP) is 1.53. The number of hydrogen-bond donors (Lipinski definition) is 1. The van der Waals surface area contributed by atoms with Crippen LogP contribution in [0.25, 0.3) is 0 Å². The van der Waals surface area contributed by atoms with Crippen LogP contribution in [0.1, 0.15) is 23.6 Å². The van der Waals surface area contributed by atoms with E-state index in [1.807, 2.05) is 0 Å². The van der Waals surface area contributed by atoms with E-state index in [2.05, 4.69) is 24.0 Å². The quantitative estimate of drug-likeness (QED) is 0.839. The normalized spacial score (nSPS) is 15.9. The zero-order valence-electron chi connectivity index (χ0n) is 10.1. The van der Waals surface area contributed by atoms with Crippen molar-refractivity contribution in [2.24, 2.45) is 5.73 Å². The lowest BCUT2D eigenvalue weighted by Crippen LogP contribution is -2.30. The maximum absolute atomic E-state index is 5.72. The maximum atomic E-state index is 5.72. The van der Waals surface area contributed by atoms with Gasteiger partial charge < -0.3 is 10.5 Å². The molecule has 2 rings (SSSR count). The first-order valence-corrected chi connectivity index (χ1v) is 5.89. The molecule has 88 valence electrons. The summed E-state index contributed by atoms with van der Waals surface area (Å²) in [6, 6.07) is 4.36. The number of nitrogens with two attached hydrogens (primary N) is 1. The molecule has 16 heavy (non-hydrogen) atoms. The minimum atomic E-state index is 0.550. The molecule has 1 aliphatic heterocycles. The van der Waals surface area contributed by atoms with Gasteiger partial charge in [0.1, 0.15) is 5.75 Å². The SMILES string of the molecule is CCN1CCc2cc(CN)c(OC)cc2C1. The van der Waals surface area contributed by atoms with Crippen molar-refractivity contribution < 1.29 is 4.74 Å². The Kier molecular flexibility index (Phi) is 3.46. The number of likely N-dealkylation sites (N-methyl/N-ethyl adjacent to an activating group) is 1. The van der Waals surface area contributed by atoms with Gasteiger partial charge >= 0.3 is 0 Å². The first-order valence-electron chi connectivity index (χ1n) is 5.89. The van der Waals surface area contributed by atoms with E-state index in [0.29, 0.717) is 6.54 Å². The summed E-state index contributed by atoms with van der Waals surface area (Å²) < 4.78 is 5.37. The van der Waals surface area contributed by atoms with Crippen LogP contribution in [-0.2, 0) is 19.5 Å². The highest BCUT2D eigenvalue weighted by molar-refractivity contribution is 5.43. The Labute approximate surface area is 97.2 Å². The molecule has 1 aromatic rings. The summed E-state index contributed by atoms with van der Waals surface area (Å²) >= 11 is 0. The van der Waals surface area contributed by atoms with Gasteiger partial charge in [-0.2, -0.15) is 0 Å². The van der Waals surface area contributed by atoms with Gasteiger partial charge in [-0.05, 0) is 30.2 Å². The summed E-state index contributed by atoms with van der Waals surface area (Å²) in [4.78, 5) is 2.45. The standard InChI is InChI=1S/C13H20N2O/c1-3-15-5-4-10-6-11(8-14)13(16-2)7-12(10)9-15/h6-7H,3-5,8-9,14H2,1-2H3. The number of rotatable bonds is 3. The van der Waals surface area contributed by atoms with Crippen LogP contribution in [0.4, 0.5) is 0 Å². The average Bonchev–Trinajstić information content (AvgIpc) is 2.36. The molecule has 0 amide bonds. The largest absolute Gasteiger partial charge is 0.496 e. The highest BCUT2D eigenvalue weighted by Gasteiger charge is 2.17. The van der Waals surface area contributed by atoms with Crippen molar-refractivity contribution in [1.29, 1.82) is 0 Å². The summed E-state index contributed by atoms with van der Waals surface area (Å²) in [6.45, 7) is 6.05. The fourth-order valence-corrected chi connectivity index (χ4v) is 2.32. The number of nitrogens with zero attached hydrogens (tertiary/aromatic N) is 1. The molecule has 1 aliphatic rings. The highest BCUT2D eigenvalue weighted by atomic mass is 16.5. The molecule has 1 aromatic carbocycles. The second-order valence-electron chi connectivity index (χ2n) is 4.26. The van der Waals surface area contributed by atoms with Crippen molar-refractivity contribution in [1.82, 2.24) is 4.90 Å². The zero-order valence-corrected chi connectivity index (χ0v) is 10.1. The summed E-state index contributed by atoms with van der Waals surface area (Å²) in [5, 5.41) is 0. The van der Waals surface area contributed by atoms with Crippen molar-refractivity contribution in [3.05, 3.63) is 28.8 Å². The Morgan fingerprint density at radius 1 is 1.38 bits per heavy atom. The van der Waals surface area contributed by atoms with Crippen molar-refractivity contribution >= 4 is 0 Å². The molecule has 0 atom stereocenters. The van der Waals surface area contributed by atoms with E-state index in [1.165, 1.54) is 11.1 Å². The number of methoxy groups -OCH3 is 1. The minimum Gasteiger partial charge on any atom is -0.496 e. The minimum absolute atomic E-state index is 0.550. The predicted molar refractivity (Wildman–Crippen MR) is 65.5 cm³/mol. The Morgan fingerprint density at radius 3 is 2.81 bits per heavy atom. The van der Waals surface area contributed by atoms with Crippen LogP contribution in [0.2, 0.25) is 0 Å². The van der Waals surface area contributed by atoms with Gasteiger partial charge in [-0.25, -0.2) is 0 Å². The third-order valence-electron chi connectivity index (χ3n) is 3.36. The molecule has 3 nitrogen and oxygen atoms in total. The van der Waals surface area contributed by atoms with Gasteiger partial charge in [0, 0.05) is 25.2 Å². The number of benzene rings is 1. The molecule has 0 radical (unpaired) electrons. The van der Waals surface area contributed by atoms with Crippen LogP contribution in [0.5, 0.6) is 5.75 Å². The maximum Gasteiger partial charge on any atom is 0.123 e. The summed E-state index contributed by atoms with van der Waals surface area (Å²) in [5.41, 5.74) is 9.67. The van der Waals surface area contributed by atoms with Crippen LogP contribution >= 0.6 is 0 Å². The van der Waals surface area contributed by atoms with Crippen molar-refractivity contribution in [2.45, 2.75) is 26.4 Å². The molecule has 0 fully saturated rings. The number of fused-ring (bicyclic) bond motifs is 1. The molecule has 1 heterocycles. The van der Waals surface area contributed by atoms with Crippen LogP contribution < -0.4 is 10.5 Å². The lowest BCUT2D eigenvalue weighted by atomic mass is 9.96. The van der Waals surface area contributed by atoms with E-state index in [9.17, 15) is 0 Å². The van der Waals surface area contributed by atoms with Gasteiger partial charge in [-0.3, -0.25) is 4.90 Å². The fourth-order valence-electron chi connectivity index (χ4n) is 2.32. The fraction of sp³-hybridized carbons (Fsp3) is 0.538. The van der Waals surface area contributed by atoms with Gasteiger partial charge in [-0.15, -0.1) is 0 Å². The average molecular weight is 220 g/mol. The van der Waals surface area contributed by atoms with E-state index in [4.69, 9.17) is 10.5 Å². The van der Waals surface area contributed by atoms with Crippen LogP contribution in [0, 0.1) is 0 Å². The van der Waals surface area contributed by atoms with Crippen LogP contribution in [0.15, 0.2) is 12.1 Å². The first-order chi connectivity index (χ1) is 7.78. The van der Waals surface area contributed by atoms with Gasteiger partial charge in [0.2, 0.25) is 0 Å². The molecular weight excluding hydrogens is 200 g/mol. The van der Waals surface area contributed by atoms with Crippen molar-refractivity contribution in [2.75, 3.05) is 20.2 Å². The molecule has 3 heteroatoms. The third-order valence-corrected chi connectivity index (χ3v) is 3.36. The monoisotopic (exact) mass is 220 g/mol.